The molecule has 1 heterocycles. The van der Waals surface area contributed by atoms with Crippen LogP contribution >= 0.6 is 0 Å². The maximum absolute atomic E-state index is 12.8. The molecule has 2 aromatic rings. The molecule has 0 atom stereocenters. The average molecular weight is 428 g/mol. The third-order valence-corrected chi connectivity index (χ3v) is 7.53. The average Bonchev–Trinajstić information content (AvgIpc) is 3.02. The summed E-state index contributed by atoms with van der Waals surface area (Å²) in [7, 11) is -3.67. The van der Waals surface area contributed by atoms with Gasteiger partial charge >= 0.3 is 0 Å². The minimum absolute atomic E-state index is 0.139. The molecule has 1 saturated carbocycles. The number of benzene rings is 2. The normalized spacial score (nSPS) is 17.3. The molecular formula is C23H25NO5S. The first-order valence-corrected chi connectivity index (χ1v) is 12.0. The summed E-state index contributed by atoms with van der Waals surface area (Å²) in [5, 5.41) is 0. The molecule has 1 aliphatic carbocycles. The monoisotopic (exact) mass is 427 g/mol. The first kappa shape index (κ1) is 20.6. The van der Waals surface area contributed by atoms with E-state index in [1.807, 2.05) is 0 Å². The summed E-state index contributed by atoms with van der Waals surface area (Å²) < 4.78 is 31.5. The molecule has 0 aromatic heterocycles. The van der Waals surface area contributed by atoms with Crippen LogP contribution in [-0.2, 0) is 9.84 Å². The van der Waals surface area contributed by atoms with Crippen molar-refractivity contribution in [3.8, 4) is 5.75 Å². The number of imide groups is 1. The molecule has 4 rings (SSSR count). The van der Waals surface area contributed by atoms with Gasteiger partial charge in [-0.1, -0.05) is 37.5 Å². The molecule has 30 heavy (non-hydrogen) atoms. The van der Waals surface area contributed by atoms with Gasteiger partial charge in [0.25, 0.3) is 11.8 Å². The zero-order valence-electron chi connectivity index (χ0n) is 16.7. The molecule has 6 nitrogen and oxygen atoms in total. The van der Waals surface area contributed by atoms with Gasteiger partial charge in [-0.05, 0) is 49.1 Å². The molecule has 2 aliphatic rings. The number of amides is 2. The van der Waals surface area contributed by atoms with E-state index in [1.54, 1.807) is 36.4 Å². The molecule has 2 aromatic carbocycles. The van der Waals surface area contributed by atoms with Crippen LogP contribution in [0.2, 0.25) is 0 Å². The molecule has 0 saturated heterocycles. The Morgan fingerprint density at radius 2 is 1.57 bits per heavy atom. The van der Waals surface area contributed by atoms with E-state index in [0.29, 0.717) is 29.4 Å². The van der Waals surface area contributed by atoms with Crippen molar-refractivity contribution in [2.45, 2.75) is 37.0 Å². The van der Waals surface area contributed by atoms with Gasteiger partial charge < -0.3 is 4.74 Å². The minimum atomic E-state index is -3.67. The number of hydrogen-bond acceptors (Lipinski definition) is 5. The smallest absolute Gasteiger partial charge is 0.261 e. The Morgan fingerprint density at radius 1 is 0.900 bits per heavy atom. The van der Waals surface area contributed by atoms with Gasteiger partial charge in [-0.15, -0.1) is 0 Å². The molecule has 1 aliphatic heterocycles. The van der Waals surface area contributed by atoms with Crippen molar-refractivity contribution in [3.63, 3.8) is 0 Å². The summed E-state index contributed by atoms with van der Waals surface area (Å²) in [5.41, 5.74) is 0.635. The first-order chi connectivity index (χ1) is 14.5. The van der Waals surface area contributed by atoms with Gasteiger partial charge in [0.05, 0.1) is 28.4 Å². The lowest BCUT2D eigenvalue weighted by atomic mass is 9.90. The number of carbonyl (C=O) groups excluding carboxylic acids is 2. The van der Waals surface area contributed by atoms with E-state index < -0.39 is 21.7 Å². The van der Waals surface area contributed by atoms with Crippen LogP contribution in [0.4, 0.5) is 0 Å². The highest BCUT2D eigenvalue weighted by Gasteiger charge is 2.35. The predicted octanol–water partition coefficient (Wildman–Crippen LogP) is 3.72. The molecule has 158 valence electrons. The van der Waals surface area contributed by atoms with E-state index >= 15 is 0 Å². The predicted molar refractivity (Wildman–Crippen MR) is 112 cm³/mol. The quantitative estimate of drug-likeness (QED) is 0.629. The van der Waals surface area contributed by atoms with E-state index in [1.165, 1.54) is 31.4 Å². The second kappa shape index (κ2) is 8.60. The molecule has 0 spiro atoms. The molecule has 2 amide bonds. The summed E-state index contributed by atoms with van der Waals surface area (Å²) in [5.74, 6) is -0.175. The van der Waals surface area contributed by atoms with Crippen molar-refractivity contribution in [1.82, 2.24) is 4.90 Å². The zero-order chi connectivity index (χ0) is 21.1. The Kier molecular flexibility index (Phi) is 5.90. The highest BCUT2D eigenvalue weighted by molar-refractivity contribution is 7.91. The Bertz CT molecular complexity index is 1020. The van der Waals surface area contributed by atoms with Gasteiger partial charge in [0.15, 0.2) is 9.84 Å². The lowest BCUT2D eigenvalue weighted by molar-refractivity contribution is 0.0664. The van der Waals surface area contributed by atoms with Gasteiger partial charge in [-0.3, -0.25) is 14.5 Å². The molecular weight excluding hydrogens is 402 g/mol. The summed E-state index contributed by atoms with van der Waals surface area (Å²) in [6.45, 7) is 0.417. The van der Waals surface area contributed by atoms with Crippen LogP contribution in [0.5, 0.6) is 5.75 Å². The maximum Gasteiger partial charge on any atom is 0.261 e. The molecule has 0 bridgehead atoms. The summed E-state index contributed by atoms with van der Waals surface area (Å²) >= 11 is 0. The SMILES string of the molecule is O=C1c2ccccc2C(=O)N1CCS(=O)(=O)c1cccc(OCC2CCCCC2)c1. The standard InChI is InChI=1S/C23H25NO5S/c25-22-20-11-4-5-12-21(20)23(26)24(22)13-14-30(27,28)19-10-6-9-18(15-19)29-16-17-7-2-1-3-8-17/h4-6,9-12,15,17H,1-3,7-8,13-14,16H2. The number of ether oxygens (including phenoxy) is 1. The fourth-order valence-electron chi connectivity index (χ4n) is 4.10. The van der Waals surface area contributed by atoms with E-state index in [2.05, 4.69) is 0 Å². The topological polar surface area (TPSA) is 80.8 Å². The second-order valence-electron chi connectivity index (χ2n) is 7.92. The van der Waals surface area contributed by atoms with Crippen LogP contribution in [0, 0.1) is 5.92 Å². The molecule has 0 radical (unpaired) electrons. The lowest BCUT2D eigenvalue weighted by Gasteiger charge is -2.21. The Balaban J connectivity index is 1.40. The number of rotatable bonds is 7. The van der Waals surface area contributed by atoms with Crippen molar-refractivity contribution in [2.75, 3.05) is 18.9 Å². The van der Waals surface area contributed by atoms with Crippen LogP contribution in [0.1, 0.15) is 52.8 Å². The van der Waals surface area contributed by atoms with Gasteiger partial charge in [0.2, 0.25) is 0 Å². The van der Waals surface area contributed by atoms with Crippen LogP contribution in [0.15, 0.2) is 53.4 Å². The number of nitrogens with zero attached hydrogens (tertiary/aromatic N) is 1. The second-order valence-corrected chi connectivity index (χ2v) is 10.0. The fourth-order valence-corrected chi connectivity index (χ4v) is 5.34. The van der Waals surface area contributed by atoms with Crippen LogP contribution in [0.25, 0.3) is 0 Å². The summed E-state index contributed by atoms with van der Waals surface area (Å²) in [6.07, 6.45) is 6.02. The maximum atomic E-state index is 12.8. The Hall–Kier alpha value is -2.67. The third kappa shape index (κ3) is 4.26. The van der Waals surface area contributed by atoms with Crippen LogP contribution < -0.4 is 4.74 Å². The van der Waals surface area contributed by atoms with E-state index in [-0.39, 0.29) is 17.2 Å². The summed E-state index contributed by atoms with van der Waals surface area (Å²) in [4.78, 5) is 26.0. The Morgan fingerprint density at radius 3 is 2.23 bits per heavy atom. The van der Waals surface area contributed by atoms with Crippen molar-refractivity contribution >= 4 is 21.7 Å². The number of sulfone groups is 1. The lowest BCUT2D eigenvalue weighted by Crippen LogP contribution is -2.34. The molecule has 1 fully saturated rings. The van der Waals surface area contributed by atoms with E-state index in [9.17, 15) is 18.0 Å². The zero-order valence-corrected chi connectivity index (χ0v) is 17.6. The minimum Gasteiger partial charge on any atom is -0.493 e. The molecule has 0 unspecified atom stereocenters. The third-order valence-electron chi connectivity index (χ3n) is 5.84. The van der Waals surface area contributed by atoms with Gasteiger partial charge in [0, 0.05) is 6.54 Å². The number of carbonyl (C=O) groups is 2. The van der Waals surface area contributed by atoms with Crippen molar-refractivity contribution < 1.29 is 22.7 Å². The van der Waals surface area contributed by atoms with Crippen molar-refractivity contribution in [3.05, 3.63) is 59.7 Å². The van der Waals surface area contributed by atoms with Crippen LogP contribution in [0.3, 0.4) is 0 Å². The first-order valence-electron chi connectivity index (χ1n) is 10.4. The van der Waals surface area contributed by atoms with E-state index in [4.69, 9.17) is 4.74 Å². The van der Waals surface area contributed by atoms with Gasteiger partial charge in [-0.25, -0.2) is 8.42 Å². The Labute approximate surface area is 176 Å². The van der Waals surface area contributed by atoms with Gasteiger partial charge in [-0.2, -0.15) is 0 Å². The summed E-state index contributed by atoms with van der Waals surface area (Å²) in [6, 6.07) is 13.0. The molecule has 7 heteroatoms. The van der Waals surface area contributed by atoms with Crippen molar-refractivity contribution in [1.29, 1.82) is 0 Å². The highest BCUT2D eigenvalue weighted by atomic mass is 32.2. The van der Waals surface area contributed by atoms with Gasteiger partial charge in [0.1, 0.15) is 5.75 Å². The number of fused-ring (bicyclic) bond motifs is 1. The highest BCUT2D eigenvalue weighted by Crippen LogP contribution is 2.26. The molecule has 0 N–H and O–H groups in total. The fraction of sp³-hybridized carbons (Fsp3) is 0.391. The number of hydrogen-bond donors (Lipinski definition) is 0. The van der Waals surface area contributed by atoms with Crippen molar-refractivity contribution in [2.24, 2.45) is 5.92 Å². The van der Waals surface area contributed by atoms with Crippen LogP contribution in [-0.4, -0.2) is 44.0 Å². The largest absolute Gasteiger partial charge is 0.493 e. The van der Waals surface area contributed by atoms with E-state index in [0.717, 1.165) is 17.7 Å².